The minimum absolute atomic E-state index is 0.136. The van der Waals surface area contributed by atoms with Crippen LogP contribution in [0.25, 0.3) is 33.8 Å². The second-order valence-electron chi connectivity index (χ2n) is 8.05. The lowest BCUT2D eigenvalue weighted by Gasteiger charge is -2.11. The molecule has 3 heterocycles. The van der Waals surface area contributed by atoms with Gasteiger partial charge in [-0.3, -0.25) is 9.20 Å². The summed E-state index contributed by atoms with van der Waals surface area (Å²) in [5, 5.41) is 10.7. The highest BCUT2D eigenvalue weighted by atomic mass is 35.5. The van der Waals surface area contributed by atoms with E-state index in [2.05, 4.69) is 15.2 Å². The van der Waals surface area contributed by atoms with E-state index in [-0.39, 0.29) is 5.56 Å². The third-order valence-electron chi connectivity index (χ3n) is 5.66. The predicted octanol–water partition coefficient (Wildman–Crippen LogP) is 5.94. The number of hydrogen-bond acceptors (Lipinski definition) is 6. The fraction of sp³-hybridized carbons (Fsp3) is 0.0769. The largest absolute Gasteiger partial charge is 0.444 e. The fourth-order valence-electron chi connectivity index (χ4n) is 3.96. The first kappa shape index (κ1) is 21.6. The van der Waals surface area contributed by atoms with Crippen LogP contribution in [-0.2, 0) is 5.75 Å². The summed E-state index contributed by atoms with van der Waals surface area (Å²) in [6.07, 6.45) is 1.63. The van der Waals surface area contributed by atoms with E-state index in [4.69, 9.17) is 16.0 Å². The van der Waals surface area contributed by atoms with Crippen molar-refractivity contribution in [1.82, 2.24) is 24.1 Å². The lowest BCUT2D eigenvalue weighted by Crippen LogP contribution is -2.21. The number of aryl methyl sites for hydroxylation is 1. The molecule has 6 aromatic rings. The van der Waals surface area contributed by atoms with Crippen molar-refractivity contribution < 1.29 is 4.42 Å². The van der Waals surface area contributed by atoms with Gasteiger partial charge in [0.25, 0.3) is 5.56 Å². The molecule has 0 aliphatic rings. The predicted molar refractivity (Wildman–Crippen MR) is 137 cm³/mol. The van der Waals surface area contributed by atoms with Crippen molar-refractivity contribution >= 4 is 40.0 Å². The zero-order valence-electron chi connectivity index (χ0n) is 18.6. The molecule has 6 rings (SSSR count). The Morgan fingerprint density at radius 2 is 1.83 bits per heavy atom. The molecule has 3 aromatic carbocycles. The number of benzene rings is 3. The first-order valence-corrected chi connectivity index (χ1v) is 12.2. The Bertz CT molecular complexity index is 1750. The van der Waals surface area contributed by atoms with Gasteiger partial charge < -0.3 is 4.42 Å². The van der Waals surface area contributed by atoms with Gasteiger partial charge >= 0.3 is 0 Å². The molecule has 0 saturated carbocycles. The quantitative estimate of drug-likeness (QED) is 0.273. The van der Waals surface area contributed by atoms with E-state index < -0.39 is 0 Å². The van der Waals surface area contributed by atoms with Crippen LogP contribution in [0, 0.1) is 6.92 Å². The van der Waals surface area contributed by atoms with Crippen molar-refractivity contribution in [3.8, 4) is 17.1 Å². The molecule has 0 radical (unpaired) electrons. The zero-order valence-corrected chi connectivity index (χ0v) is 20.1. The number of hydrogen-bond donors (Lipinski definition) is 0. The summed E-state index contributed by atoms with van der Waals surface area (Å²) < 4.78 is 9.18. The van der Waals surface area contributed by atoms with Gasteiger partial charge in [-0.15, -0.1) is 10.2 Å². The summed E-state index contributed by atoms with van der Waals surface area (Å²) >= 11 is 7.57. The molecule has 0 unspecified atom stereocenters. The number of rotatable bonds is 5. The molecule has 0 atom stereocenters. The summed E-state index contributed by atoms with van der Waals surface area (Å²) in [7, 11) is 0. The van der Waals surface area contributed by atoms with Crippen LogP contribution in [0.5, 0.6) is 0 Å². The number of thioether (sulfide) groups is 1. The Balaban J connectivity index is 1.41. The summed E-state index contributed by atoms with van der Waals surface area (Å²) in [5.41, 5.74) is 4.04. The molecule has 0 amide bonds. The molecule has 0 N–H and O–H groups in total. The third-order valence-corrected chi connectivity index (χ3v) is 6.86. The minimum Gasteiger partial charge on any atom is -0.444 e. The third kappa shape index (κ3) is 3.90. The van der Waals surface area contributed by atoms with Crippen molar-refractivity contribution in [1.29, 1.82) is 0 Å². The molecular weight excluding hydrogens is 482 g/mol. The van der Waals surface area contributed by atoms with Gasteiger partial charge in [0.2, 0.25) is 11.7 Å². The van der Waals surface area contributed by atoms with Crippen LogP contribution in [0.2, 0.25) is 5.02 Å². The normalized spacial score (nSPS) is 11.5. The lowest BCUT2D eigenvalue weighted by atomic mass is 10.2. The van der Waals surface area contributed by atoms with Crippen LogP contribution in [0.15, 0.2) is 93.4 Å². The van der Waals surface area contributed by atoms with E-state index in [0.717, 1.165) is 28.0 Å². The van der Waals surface area contributed by atoms with Crippen LogP contribution < -0.4 is 5.56 Å². The monoisotopic (exact) mass is 499 g/mol. The molecule has 0 bridgehead atoms. The number of halogens is 1. The number of nitrogens with zero attached hydrogens (tertiary/aromatic N) is 5. The van der Waals surface area contributed by atoms with Crippen LogP contribution >= 0.6 is 23.4 Å². The van der Waals surface area contributed by atoms with Gasteiger partial charge in [-0.05, 0) is 49.4 Å². The average Bonchev–Trinajstić information content (AvgIpc) is 3.52. The number of para-hydroxylation sites is 1. The highest BCUT2D eigenvalue weighted by Crippen LogP contribution is 2.28. The van der Waals surface area contributed by atoms with Crippen molar-refractivity contribution in [2.45, 2.75) is 17.8 Å². The fourth-order valence-corrected chi connectivity index (χ4v) is 4.97. The van der Waals surface area contributed by atoms with E-state index in [0.29, 0.717) is 33.0 Å². The molecule has 0 fully saturated rings. The van der Waals surface area contributed by atoms with Crippen LogP contribution in [0.1, 0.15) is 11.3 Å². The average molecular weight is 500 g/mol. The molecule has 9 heteroatoms. The Hall–Kier alpha value is -3.88. The maximum Gasteiger partial charge on any atom is 0.267 e. The molecular formula is C26H18ClN5O2S. The molecule has 172 valence electrons. The second kappa shape index (κ2) is 8.72. The second-order valence-corrected chi connectivity index (χ2v) is 9.43. The Kier molecular flexibility index (Phi) is 5.39. The van der Waals surface area contributed by atoms with Gasteiger partial charge in [-0.1, -0.05) is 59.3 Å². The first-order valence-electron chi connectivity index (χ1n) is 10.9. The molecule has 0 spiro atoms. The van der Waals surface area contributed by atoms with Gasteiger partial charge in [0.05, 0.1) is 22.3 Å². The van der Waals surface area contributed by atoms with E-state index >= 15 is 0 Å². The van der Waals surface area contributed by atoms with Crippen LogP contribution in [0.4, 0.5) is 0 Å². The molecule has 7 nitrogen and oxygen atoms in total. The van der Waals surface area contributed by atoms with E-state index in [1.165, 1.54) is 11.8 Å². The van der Waals surface area contributed by atoms with Crippen molar-refractivity contribution in [3.05, 3.63) is 106 Å². The SMILES string of the molecule is Cc1ccc(-n2c(=O)c3ccccc3n3c(SCc4coc(-c5cccc(Cl)c5)n4)nnc23)cc1. The van der Waals surface area contributed by atoms with Gasteiger partial charge in [-0.25, -0.2) is 9.55 Å². The molecule has 3 aromatic heterocycles. The van der Waals surface area contributed by atoms with Crippen LogP contribution in [0.3, 0.4) is 0 Å². The summed E-state index contributed by atoms with van der Waals surface area (Å²) in [4.78, 5) is 18.0. The lowest BCUT2D eigenvalue weighted by molar-refractivity contribution is 0.573. The Labute approximate surface area is 209 Å². The smallest absolute Gasteiger partial charge is 0.267 e. The Morgan fingerprint density at radius 1 is 1.00 bits per heavy atom. The highest BCUT2D eigenvalue weighted by Gasteiger charge is 2.18. The maximum atomic E-state index is 13.4. The summed E-state index contributed by atoms with van der Waals surface area (Å²) in [6.45, 7) is 2.01. The molecule has 0 aliphatic heterocycles. The highest BCUT2D eigenvalue weighted by molar-refractivity contribution is 7.98. The number of oxazole rings is 1. The summed E-state index contributed by atoms with van der Waals surface area (Å²) in [6, 6.07) is 22.7. The van der Waals surface area contributed by atoms with Crippen molar-refractivity contribution in [3.63, 3.8) is 0 Å². The van der Waals surface area contributed by atoms with Crippen molar-refractivity contribution in [2.24, 2.45) is 0 Å². The van der Waals surface area contributed by atoms with E-state index in [9.17, 15) is 4.79 Å². The van der Waals surface area contributed by atoms with Gasteiger partial charge in [-0.2, -0.15) is 0 Å². The minimum atomic E-state index is -0.136. The zero-order chi connectivity index (χ0) is 23.9. The molecule has 0 aliphatic carbocycles. The van der Waals surface area contributed by atoms with Gasteiger partial charge in [0, 0.05) is 16.3 Å². The number of fused-ring (bicyclic) bond motifs is 3. The number of aromatic nitrogens is 5. The van der Waals surface area contributed by atoms with Crippen LogP contribution in [-0.4, -0.2) is 24.1 Å². The van der Waals surface area contributed by atoms with E-state index in [1.807, 2.05) is 84.1 Å². The summed E-state index contributed by atoms with van der Waals surface area (Å²) in [5.74, 6) is 1.48. The van der Waals surface area contributed by atoms with Gasteiger partial charge in [0.15, 0.2) is 5.16 Å². The topological polar surface area (TPSA) is 78.2 Å². The standard InChI is InChI=1S/C26H18ClN5O2S/c1-16-9-11-20(12-10-16)31-24(33)21-7-2-3-8-22(21)32-25(31)29-30-26(32)35-15-19-14-34-23(28-19)17-5-4-6-18(27)13-17/h2-14H,15H2,1H3. The molecule has 0 saturated heterocycles. The Morgan fingerprint density at radius 3 is 2.66 bits per heavy atom. The van der Waals surface area contributed by atoms with E-state index in [1.54, 1.807) is 10.8 Å². The first-order chi connectivity index (χ1) is 17.1. The maximum absolute atomic E-state index is 13.4. The van der Waals surface area contributed by atoms with Gasteiger partial charge in [0.1, 0.15) is 6.26 Å². The van der Waals surface area contributed by atoms with Crippen molar-refractivity contribution in [2.75, 3.05) is 0 Å². The molecule has 35 heavy (non-hydrogen) atoms.